The standard InChI is InChI=1S/C14H19BrFN/c1-14(2)7-3-4-13(14)17-9-10-5-6-11(15)8-12(10)16/h5-6,8,13,17H,3-4,7,9H2,1-2H3. The molecule has 0 bridgehead atoms. The Morgan fingerprint density at radius 2 is 2.24 bits per heavy atom. The summed E-state index contributed by atoms with van der Waals surface area (Å²) in [6.07, 6.45) is 3.73. The molecule has 3 heteroatoms. The van der Waals surface area contributed by atoms with Crippen LogP contribution >= 0.6 is 15.9 Å². The predicted molar refractivity (Wildman–Crippen MR) is 72.4 cm³/mol. The first-order valence-corrected chi connectivity index (χ1v) is 6.96. The summed E-state index contributed by atoms with van der Waals surface area (Å²) in [5, 5.41) is 3.49. The van der Waals surface area contributed by atoms with Crippen molar-refractivity contribution in [2.45, 2.75) is 45.7 Å². The van der Waals surface area contributed by atoms with Gasteiger partial charge in [-0.15, -0.1) is 0 Å². The smallest absolute Gasteiger partial charge is 0.128 e. The Hall–Kier alpha value is -0.410. The van der Waals surface area contributed by atoms with Crippen molar-refractivity contribution < 1.29 is 4.39 Å². The molecule has 0 aliphatic heterocycles. The van der Waals surface area contributed by atoms with Gasteiger partial charge < -0.3 is 5.32 Å². The van der Waals surface area contributed by atoms with Crippen LogP contribution < -0.4 is 5.32 Å². The second-order valence-electron chi connectivity index (χ2n) is 5.55. The summed E-state index contributed by atoms with van der Waals surface area (Å²) in [7, 11) is 0. The maximum absolute atomic E-state index is 13.6. The van der Waals surface area contributed by atoms with E-state index in [9.17, 15) is 4.39 Å². The van der Waals surface area contributed by atoms with Gasteiger partial charge in [0.15, 0.2) is 0 Å². The van der Waals surface area contributed by atoms with E-state index in [0.29, 0.717) is 18.0 Å². The zero-order chi connectivity index (χ0) is 12.5. The molecule has 1 atom stereocenters. The van der Waals surface area contributed by atoms with E-state index >= 15 is 0 Å². The van der Waals surface area contributed by atoms with Gasteiger partial charge in [-0.1, -0.05) is 42.3 Å². The van der Waals surface area contributed by atoms with E-state index in [-0.39, 0.29) is 5.82 Å². The van der Waals surface area contributed by atoms with Gasteiger partial charge in [0.25, 0.3) is 0 Å². The number of hydrogen-bond acceptors (Lipinski definition) is 1. The Morgan fingerprint density at radius 3 is 2.82 bits per heavy atom. The molecule has 0 radical (unpaired) electrons. The first-order valence-electron chi connectivity index (χ1n) is 6.16. The lowest BCUT2D eigenvalue weighted by atomic mass is 9.87. The van der Waals surface area contributed by atoms with Crippen molar-refractivity contribution in [2.24, 2.45) is 5.41 Å². The summed E-state index contributed by atoms with van der Waals surface area (Å²) in [6.45, 7) is 5.19. The van der Waals surface area contributed by atoms with Crippen LogP contribution in [0.5, 0.6) is 0 Å². The molecule has 0 spiro atoms. The molecule has 1 aromatic carbocycles. The third kappa shape index (κ3) is 3.08. The Morgan fingerprint density at radius 1 is 1.47 bits per heavy atom. The summed E-state index contributed by atoms with van der Waals surface area (Å²) in [5.41, 5.74) is 1.09. The zero-order valence-corrected chi connectivity index (χ0v) is 12.0. The van der Waals surface area contributed by atoms with Crippen molar-refractivity contribution in [3.63, 3.8) is 0 Å². The van der Waals surface area contributed by atoms with Gasteiger partial charge in [0.1, 0.15) is 5.82 Å². The fourth-order valence-corrected chi connectivity index (χ4v) is 2.94. The molecule has 1 unspecified atom stereocenters. The molecule has 17 heavy (non-hydrogen) atoms. The largest absolute Gasteiger partial charge is 0.309 e. The number of hydrogen-bond donors (Lipinski definition) is 1. The third-order valence-electron chi connectivity index (χ3n) is 3.81. The maximum atomic E-state index is 13.6. The van der Waals surface area contributed by atoms with E-state index in [1.807, 2.05) is 12.1 Å². The summed E-state index contributed by atoms with van der Waals surface area (Å²) < 4.78 is 14.4. The molecule has 0 saturated heterocycles. The minimum Gasteiger partial charge on any atom is -0.309 e. The van der Waals surface area contributed by atoms with Crippen LogP contribution in [0.15, 0.2) is 22.7 Å². The summed E-state index contributed by atoms with van der Waals surface area (Å²) in [4.78, 5) is 0. The van der Waals surface area contributed by atoms with E-state index in [0.717, 1.165) is 10.0 Å². The number of rotatable bonds is 3. The van der Waals surface area contributed by atoms with Crippen LogP contribution in [0.3, 0.4) is 0 Å². The summed E-state index contributed by atoms with van der Waals surface area (Å²) in [5.74, 6) is -0.136. The van der Waals surface area contributed by atoms with E-state index < -0.39 is 0 Å². The first-order chi connectivity index (χ1) is 7.99. The Bertz CT molecular complexity index is 403. The maximum Gasteiger partial charge on any atom is 0.128 e. The van der Waals surface area contributed by atoms with E-state index in [1.165, 1.54) is 25.3 Å². The molecule has 1 fully saturated rings. The molecule has 1 aliphatic rings. The van der Waals surface area contributed by atoms with Crippen molar-refractivity contribution in [3.05, 3.63) is 34.1 Å². The van der Waals surface area contributed by atoms with Crippen LogP contribution in [-0.2, 0) is 6.54 Å². The second kappa shape index (κ2) is 5.07. The zero-order valence-electron chi connectivity index (χ0n) is 10.4. The summed E-state index contributed by atoms with van der Waals surface area (Å²) in [6, 6.07) is 5.76. The van der Waals surface area contributed by atoms with Crippen LogP contribution in [0.1, 0.15) is 38.7 Å². The number of nitrogens with one attached hydrogen (secondary N) is 1. The number of halogens is 2. The van der Waals surface area contributed by atoms with Gasteiger partial charge in [0.2, 0.25) is 0 Å². The molecule has 1 nitrogen and oxygen atoms in total. The van der Waals surface area contributed by atoms with Gasteiger partial charge in [-0.3, -0.25) is 0 Å². The van der Waals surface area contributed by atoms with Crippen molar-refractivity contribution in [2.75, 3.05) is 0 Å². The van der Waals surface area contributed by atoms with Crippen molar-refractivity contribution in [1.82, 2.24) is 5.32 Å². The molecule has 0 heterocycles. The molecule has 0 aromatic heterocycles. The van der Waals surface area contributed by atoms with Gasteiger partial charge >= 0.3 is 0 Å². The molecule has 94 valence electrons. The lowest BCUT2D eigenvalue weighted by molar-refractivity contribution is 0.281. The molecule has 1 aromatic rings. The SMILES string of the molecule is CC1(C)CCCC1NCc1ccc(Br)cc1F. The normalized spacial score (nSPS) is 22.9. The molecular weight excluding hydrogens is 281 g/mol. The van der Waals surface area contributed by atoms with Gasteiger partial charge in [-0.25, -0.2) is 4.39 Å². The van der Waals surface area contributed by atoms with Gasteiger partial charge in [0.05, 0.1) is 0 Å². The van der Waals surface area contributed by atoms with Gasteiger partial charge in [0, 0.05) is 22.6 Å². The lowest BCUT2D eigenvalue weighted by Crippen LogP contribution is -2.37. The second-order valence-corrected chi connectivity index (χ2v) is 6.47. The highest BCUT2D eigenvalue weighted by atomic mass is 79.9. The van der Waals surface area contributed by atoms with E-state index in [1.54, 1.807) is 0 Å². The monoisotopic (exact) mass is 299 g/mol. The van der Waals surface area contributed by atoms with Crippen LogP contribution in [0.4, 0.5) is 4.39 Å². The highest BCUT2D eigenvalue weighted by molar-refractivity contribution is 9.10. The average Bonchev–Trinajstić information content (AvgIpc) is 2.57. The molecule has 1 saturated carbocycles. The molecule has 1 N–H and O–H groups in total. The van der Waals surface area contributed by atoms with Crippen molar-refractivity contribution >= 4 is 15.9 Å². The highest BCUT2D eigenvalue weighted by Crippen LogP contribution is 2.37. The van der Waals surface area contributed by atoms with Gasteiger partial charge in [-0.05, 0) is 30.4 Å². The van der Waals surface area contributed by atoms with E-state index in [4.69, 9.17) is 0 Å². The van der Waals surface area contributed by atoms with E-state index in [2.05, 4.69) is 35.1 Å². The topological polar surface area (TPSA) is 12.0 Å². The third-order valence-corrected chi connectivity index (χ3v) is 4.30. The minimum absolute atomic E-state index is 0.136. The molecule has 0 amide bonds. The number of benzene rings is 1. The van der Waals surface area contributed by atoms with Crippen LogP contribution in [0, 0.1) is 11.2 Å². The average molecular weight is 300 g/mol. The lowest BCUT2D eigenvalue weighted by Gasteiger charge is -2.28. The first kappa shape index (κ1) is 13.0. The van der Waals surface area contributed by atoms with Crippen molar-refractivity contribution in [3.8, 4) is 0 Å². The summed E-state index contributed by atoms with van der Waals surface area (Å²) >= 11 is 3.27. The minimum atomic E-state index is -0.136. The molecule has 1 aliphatic carbocycles. The van der Waals surface area contributed by atoms with Gasteiger partial charge in [-0.2, -0.15) is 0 Å². The highest BCUT2D eigenvalue weighted by Gasteiger charge is 2.33. The quantitative estimate of drug-likeness (QED) is 0.879. The van der Waals surface area contributed by atoms with Crippen LogP contribution in [0.2, 0.25) is 0 Å². The molecule has 2 rings (SSSR count). The molecular formula is C14H19BrFN. The fraction of sp³-hybridized carbons (Fsp3) is 0.571. The Balaban J connectivity index is 1.98. The Labute approximate surface area is 111 Å². The van der Waals surface area contributed by atoms with Crippen LogP contribution in [0.25, 0.3) is 0 Å². The Kier molecular flexibility index (Phi) is 3.88. The predicted octanol–water partition coefficient (Wildman–Crippen LogP) is 4.26. The fourth-order valence-electron chi connectivity index (χ4n) is 2.60. The van der Waals surface area contributed by atoms with Crippen LogP contribution in [-0.4, -0.2) is 6.04 Å². The van der Waals surface area contributed by atoms with Crippen molar-refractivity contribution in [1.29, 1.82) is 0 Å².